The summed E-state index contributed by atoms with van der Waals surface area (Å²) in [5.41, 5.74) is 3.98. The zero-order valence-corrected chi connectivity index (χ0v) is 12.8. The van der Waals surface area contributed by atoms with Crippen LogP contribution in [0.5, 0.6) is 0 Å². The van der Waals surface area contributed by atoms with Crippen LogP contribution in [0.4, 0.5) is 5.82 Å². The Morgan fingerprint density at radius 1 is 1.33 bits per heavy atom. The minimum Gasteiger partial charge on any atom is -0.361 e. The van der Waals surface area contributed by atoms with Gasteiger partial charge in [-0.1, -0.05) is 12.1 Å². The van der Waals surface area contributed by atoms with E-state index in [4.69, 9.17) is 4.52 Å². The molecule has 3 rings (SSSR count). The van der Waals surface area contributed by atoms with E-state index in [1.165, 1.54) is 0 Å². The fourth-order valence-corrected chi connectivity index (χ4v) is 2.45. The first-order valence-electron chi connectivity index (χ1n) is 7.06. The van der Waals surface area contributed by atoms with Gasteiger partial charge in [-0.2, -0.15) is 9.61 Å². The van der Waals surface area contributed by atoms with Gasteiger partial charge in [0.1, 0.15) is 11.6 Å². The van der Waals surface area contributed by atoms with Gasteiger partial charge in [0, 0.05) is 37.0 Å². The van der Waals surface area contributed by atoms with Crippen LogP contribution in [-0.4, -0.2) is 26.8 Å². The van der Waals surface area contributed by atoms with Crippen LogP contribution in [0.25, 0.3) is 5.65 Å². The molecule has 3 heterocycles. The molecule has 0 aliphatic heterocycles. The second-order valence-electron chi connectivity index (χ2n) is 5.22. The van der Waals surface area contributed by atoms with E-state index in [-0.39, 0.29) is 0 Å². The molecule has 0 amide bonds. The summed E-state index contributed by atoms with van der Waals surface area (Å²) in [5, 5.41) is 8.38. The number of hydrogen-bond acceptors (Lipinski definition) is 5. The average Bonchev–Trinajstić information content (AvgIpc) is 3.07. The van der Waals surface area contributed by atoms with Crippen molar-refractivity contribution in [3.8, 4) is 0 Å². The van der Waals surface area contributed by atoms with Crippen molar-refractivity contribution in [2.24, 2.45) is 0 Å². The molecule has 0 fully saturated rings. The standard InChI is InChI=1S/C15H19N5O/c1-5-12-8-15(20-14(17-12)6-7-16-20)19(4)9-13-10(2)18-21-11(13)3/h6-8H,5,9H2,1-4H3. The van der Waals surface area contributed by atoms with E-state index in [0.717, 1.165) is 47.1 Å². The molecule has 0 aliphatic carbocycles. The van der Waals surface area contributed by atoms with Gasteiger partial charge in [-0.15, -0.1) is 0 Å². The number of rotatable bonds is 4. The summed E-state index contributed by atoms with van der Waals surface area (Å²) in [6.45, 7) is 6.74. The molecule has 6 nitrogen and oxygen atoms in total. The number of nitrogens with zero attached hydrogens (tertiary/aromatic N) is 5. The van der Waals surface area contributed by atoms with Crippen LogP contribution in [0.15, 0.2) is 22.9 Å². The van der Waals surface area contributed by atoms with Crippen LogP contribution >= 0.6 is 0 Å². The predicted octanol–water partition coefficient (Wildman–Crippen LogP) is 2.53. The van der Waals surface area contributed by atoms with Crippen molar-refractivity contribution in [2.45, 2.75) is 33.7 Å². The zero-order valence-electron chi connectivity index (χ0n) is 12.8. The van der Waals surface area contributed by atoms with Gasteiger partial charge in [-0.25, -0.2) is 4.98 Å². The van der Waals surface area contributed by atoms with E-state index < -0.39 is 0 Å². The Balaban J connectivity index is 2.01. The largest absolute Gasteiger partial charge is 0.361 e. The normalized spacial score (nSPS) is 11.2. The van der Waals surface area contributed by atoms with Crippen molar-refractivity contribution in [1.82, 2.24) is 19.8 Å². The van der Waals surface area contributed by atoms with Gasteiger partial charge in [-0.3, -0.25) is 0 Å². The highest BCUT2D eigenvalue weighted by molar-refractivity contribution is 5.51. The molecule has 0 atom stereocenters. The zero-order chi connectivity index (χ0) is 15.0. The molecule has 3 aromatic rings. The van der Waals surface area contributed by atoms with Crippen molar-refractivity contribution in [1.29, 1.82) is 0 Å². The monoisotopic (exact) mass is 285 g/mol. The Morgan fingerprint density at radius 2 is 2.14 bits per heavy atom. The molecule has 0 N–H and O–H groups in total. The molecule has 0 aromatic carbocycles. The highest BCUT2D eigenvalue weighted by Gasteiger charge is 2.15. The number of aromatic nitrogens is 4. The van der Waals surface area contributed by atoms with Crippen LogP contribution in [-0.2, 0) is 13.0 Å². The summed E-state index contributed by atoms with van der Waals surface area (Å²) in [6, 6.07) is 4.00. The maximum atomic E-state index is 5.24. The van der Waals surface area contributed by atoms with Crippen LogP contribution in [0.3, 0.4) is 0 Å². The third kappa shape index (κ3) is 2.37. The second kappa shape index (κ2) is 5.20. The third-order valence-corrected chi connectivity index (χ3v) is 3.72. The van der Waals surface area contributed by atoms with Crippen molar-refractivity contribution in [3.63, 3.8) is 0 Å². The van der Waals surface area contributed by atoms with Crippen LogP contribution in [0.2, 0.25) is 0 Å². The van der Waals surface area contributed by atoms with Crippen LogP contribution in [0, 0.1) is 13.8 Å². The van der Waals surface area contributed by atoms with E-state index in [1.807, 2.05) is 31.5 Å². The molecule has 0 unspecified atom stereocenters. The molecule has 6 heteroatoms. The molecule has 0 aliphatic rings. The summed E-state index contributed by atoms with van der Waals surface area (Å²) in [4.78, 5) is 6.72. The smallest absolute Gasteiger partial charge is 0.157 e. The second-order valence-corrected chi connectivity index (χ2v) is 5.22. The Bertz CT molecular complexity index is 754. The fraction of sp³-hybridized carbons (Fsp3) is 0.400. The first kappa shape index (κ1) is 13.6. The first-order chi connectivity index (χ1) is 10.1. The van der Waals surface area contributed by atoms with E-state index in [2.05, 4.69) is 33.1 Å². The average molecular weight is 285 g/mol. The maximum absolute atomic E-state index is 5.24. The summed E-state index contributed by atoms with van der Waals surface area (Å²) in [7, 11) is 2.04. The predicted molar refractivity (Wildman–Crippen MR) is 80.4 cm³/mol. The number of anilines is 1. The lowest BCUT2D eigenvalue weighted by atomic mass is 10.2. The Morgan fingerprint density at radius 3 is 2.81 bits per heavy atom. The molecule has 0 saturated carbocycles. The summed E-state index contributed by atoms with van der Waals surface area (Å²) in [6.07, 6.45) is 2.67. The highest BCUT2D eigenvalue weighted by Crippen LogP contribution is 2.21. The van der Waals surface area contributed by atoms with Gasteiger partial charge in [0.2, 0.25) is 0 Å². The Hall–Kier alpha value is -2.37. The van der Waals surface area contributed by atoms with E-state index >= 15 is 0 Å². The summed E-state index contributed by atoms with van der Waals surface area (Å²) >= 11 is 0. The van der Waals surface area contributed by atoms with Gasteiger partial charge in [0.25, 0.3) is 0 Å². The minimum atomic E-state index is 0.725. The molecular weight excluding hydrogens is 266 g/mol. The third-order valence-electron chi connectivity index (χ3n) is 3.72. The molecule has 110 valence electrons. The van der Waals surface area contributed by atoms with Crippen molar-refractivity contribution in [3.05, 3.63) is 41.0 Å². The molecular formula is C15H19N5O. The molecule has 0 bridgehead atoms. The van der Waals surface area contributed by atoms with Crippen LogP contribution < -0.4 is 4.90 Å². The van der Waals surface area contributed by atoms with Gasteiger partial charge >= 0.3 is 0 Å². The molecule has 21 heavy (non-hydrogen) atoms. The van der Waals surface area contributed by atoms with E-state index in [1.54, 1.807) is 6.20 Å². The molecule has 0 spiro atoms. The van der Waals surface area contributed by atoms with Crippen molar-refractivity contribution >= 4 is 11.5 Å². The number of fused-ring (bicyclic) bond motifs is 1. The summed E-state index contributed by atoms with van der Waals surface area (Å²) in [5.74, 6) is 1.88. The SMILES string of the molecule is CCc1cc(N(C)Cc2c(C)noc2C)n2nccc2n1. The highest BCUT2D eigenvalue weighted by atomic mass is 16.5. The molecule has 0 radical (unpaired) electrons. The number of hydrogen-bond donors (Lipinski definition) is 0. The molecule has 0 saturated heterocycles. The van der Waals surface area contributed by atoms with Crippen molar-refractivity contribution in [2.75, 3.05) is 11.9 Å². The fourth-order valence-electron chi connectivity index (χ4n) is 2.45. The Kier molecular flexibility index (Phi) is 3.37. The quantitative estimate of drug-likeness (QED) is 0.737. The van der Waals surface area contributed by atoms with Gasteiger partial charge < -0.3 is 9.42 Å². The van der Waals surface area contributed by atoms with E-state index in [9.17, 15) is 0 Å². The van der Waals surface area contributed by atoms with E-state index in [0.29, 0.717) is 0 Å². The lowest BCUT2D eigenvalue weighted by Gasteiger charge is -2.20. The van der Waals surface area contributed by atoms with Crippen molar-refractivity contribution < 1.29 is 4.52 Å². The minimum absolute atomic E-state index is 0.725. The first-order valence-corrected chi connectivity index (χ1v) is 7.06. The van der Waals surface area contributed by atoms with Crippen LogP contribution in [0.1, 0.15) is 29.6 Å². The van der Waals surface area contributed by atoms with Gasteiger partial charge in [0.05, 0.1) is 11.9 Å². The van der Waals surface area contributed by atoms with Gasteiger partial charge in [-0.05, 0) is 20.3 Å². The lowest BCUT2D eigenvalue weighted by Crippen LogP contribution is -2.21. The molecule has 3 aromatic heterocycles. The summed E-state index contributed by atoms with van der Waals surface area (Å²) < 4.78 is 7.10. The maximum Gasteiger partial charge on any atom is 0.157 e. The topological polar surface area (TPSA) is 59.5 Å². The number of aryl methyl sites for hydroxylation is 3. The van der Waals surface area contributed by atoms with Gasteiger partial charge in [0.15, 0.2) is 5.65 Å². The lowest BCUT2D eigenvalue weighted by molar-refractivity contribution is 0.392. The Labute approximate surface area is 123 Å².